The maximum atomic E-state index is 11.5. The minimum atomic E-state index is -3.73. The molecule has 1 aliphatic heterocycles. The van der Waals surface area contributed by atoms with Crippen molar-refractivity contribution in [2.45, 2.75) is 30.8 Å². The van der Waals surface area contributed by atoms with E-state index in [4.69, 9.17) is 5.14 Å². The van der Waals surface area contributed by atoms with Gasteiger partial charge in [-0.3, -0.25) is 10.1 Å². The predicted octanol–water partition coefficient (Wildman–Crippen LogP) is 2.19. The van der Waals surface area contributed by atoms with E-state index in [0.717, 1.165) is 16.8 Å². The Morgan fingerprint density at radius 3 is 2.71 bits per heavy atom. The molecule has 3 rings (SSSR count). The van der Waals surface area contributed by atoms with Crippen molar-refractivity contribution in [2.24, 2.45) is 5.14 Å². The van der Waals surface area contributed by atoms with E-state index in [1.54, 1.807) is 24.3 Å². The molecule has 126 valence electrons. The van der Waals surface area contributed by atoms with E-state index in [2.05, 4.69) is 4.90 Å². The van der Waals surface area contributed by atoms with Crippen molar-refractivity contribution in [3.8, 4) is 0 Å². The lowest BCUT2D eigenvalue weighted by molar-refractivity contribution is -0.384. The first-order valence-corrected chi connectivity index (χ1v) is 8.96. The van der Waals surface area contributed by atoms with Crippen LogP contribution in [0.2, 0.25) is 0 Å². The molecule has 1 atom stereocenters. The number of hydrogen-bond donors (Lipinski definition) is 1. The standard InChI is InChI=1S/C16H17N3O4S/c1-11-7-13-9-15(24(17,22)23)5-6-16(13)18(11)10-12-3-2-4-14(8-12)19(20)21/h2-6,8-9,11H,7,10H2,1H3,(H2,17,22,23)/t11-/m0/s1. The molecule has 0 amide bonds. The number of non-ortho nitro benzene ring substituents is 1. The summed E-state index contributed by atoms with van der Waals surface area (Å²) in [6.45, 7) is 2.55. The number of nitro groups is 1. The van der Waals surface area contributed by atoms with E-state index < -0.39 is 14.9 Å². The van der Waals surface area contributed by atoms with Crippen molar-refractivity contribution in [3.05, 3.63) is 63.7 Å². The number of benzene rings is 2. The summed E-state index contributed by atoms with van der Waals surface area (Å²) in [5.74, 6) is 0. The Morgan fingerprint density at radius 1 is 1.29 bits per heavy atom. The molecule has 2 aromatic rings. The summed E-state index contributed by atoms with van der Waals surface area (Å²) in [6, 6.07) is 11.5. The lowest BCUT2D eigenvalue weighted by atomic mass is 10.1. The van der Waals surface area contributed by atoms with Gasteiger partial charge in [-0.05, 0) is 42.7 Å². The SMILES string of the molecule is C[C@H]1Cc2cc(S(N)(=O)=O)ccc2N1Cc1cccc([N+](=O)[O-])c1. The zero-order chi connectivity index (χ0) is 17.5. The number of fused-ring (bicyclic) bond motifs is 1. The number of nitrogens with zero attached hydrogens (tertiary/aromatic N) is 2. The molecule has 0 bridgehead atoms. The van der Waals surface area contributed by atoms with Crippen LogP contribution in [0.5, 0.6) is 0 Å². The highest BCUT2D eigenvalue weighted by atomic mass is 32.2. The Hall–Kier alpha value is -2.45. The summed E-state index contributed by atoms with van der Waals surface area (Å²) in [4.78, 5) is 12.7. The monoisotopic (exact) mass is 347 g/mol. The van der Waals surface area contributed by atoms with Crippen LogP contribution in [0.25, 0.3) is 0 Å². The molecule has 0 aromatic heterocycles. The van der Waals surface area contributed by atoms with E-state index >= 15 is 0 Å². The van der Waals surface area contributed by atoms with Gasteiger partial charge in [0, 0.05) is 30.4 Å². The zero-order valence-electron chi connectivity index (χ0n) is 13.0. The third kappa shape index (κ3) is 3.10. The average Bonchev–Trinajstić information content (AvgIpc) is 2.82. The second-order valence-electron chi connectivity index (χ2n) is 5.94. The summed E-state index contributed by atoms with van der Waals surface area (Å²) in [5.41, 5.74) is 2.74. The molecular weight excluding hydrogens is 330 g/mol. The molecule has 24 heavy (non-hydrogen) atoms. The summed E-state index contributed by atoms with van der Waals surface area (Å²) in [7, 11) is -3.73. The van der Waals surface area contributed by atoms with Crippen molar-refractivity contribution < 1.29 is 13.3 Å². The van der Waals surface area contributed by atoms with Crippen LogP contribution in [-0.4, -0.2) is 19.4 Å². The number of sulfonamides is 1. The van der Waals surface area contributed by atoms with E-state index in [0.29, 0.717) is 13.0 Å². The van der Waals surface area contributed by atoms with Gasteiger partial charge in [-0.25, -0.2) is 13.6 Å². The molecule has 0 unspecified atom stereocenters. The molecule has 0 fully saturated rings. The van der Waals surface area contributed by atoms with Crippen molar-refractivity contribution in [2.75, 3.05) is 4.90 Å². The fraction of sp³-hybridized carbons (Fsp3) is 0.250. The first kappa shape index (κ1) is 16.4. The normalized spacial score (nSPS) is 16.9. The molecule has 0 aliphatic carbocycles. The highest BCUT2D eigenvalue weighted by molar-refractivity contribution is 7.89. The van der Waals surface area contributed by atoms with Crippen LogP contribution in [0.3, 0.4) is 0 Å². The first-order valence-electron chi connectivity index (χ1n) is 7.41. The quantitative estimate of drug-likeness (QED) is 0.674. The molecule has 1 heterocycles. The molecule has 0 saturated heterocycles. The minimum Gasteiger partial charge on any atom is -0.364 e. The van der Waals surface area contributed by atoms with Gasteiger partial charge >= 0.3 is 0 Å². The fourth-order valence-corrected chi connectivity index (χ4v) is 3.62. The Kier molecular flexibility index (Phi) is 4.02. The average molecular weight is 347 g/mol. The third-order valence-electron chi connectivity index (χ3n) is 4.21. The number of hydrogen-bond acceptors (Lipinski definition) is 5. The molecular formula is C16H17N3O4S. The summed E-state index contributed by atoms with van der Waals surface area (Å²) < 4.78 is 23.0. The van der Waals surface area contributed by atoms with E-state index in [1.807, 2.05) is 13.0 Å². The van der Waals surface area contributed by atoms with Crippen LogP contribution in [0, 0.1) is 10.1 Å². The predicted molar refractivity (Wildman–Crippen MR) is 90.3 cm³/mol. The topological polar surface area (TPSA) is 107 Å². The lowest BCUT2D eigenvalue weighted by Gasteiger charge is -2.25. The molecule has 2 aromatic carbocycles. The number of anilines is 1. The molecule has 0 spiro atoms. The minimum absolute atomic E-state index is 0.0594. The van der Waals surface area contributed by atoms with Gasteiger partial charge in [-0.2, -0.15) is 0 Å². The van der Waals surface area contributed by atoms with Crippen LogP contribution < -0.4 is 10.0 Å². The van der Waals surface area contributed by atoms with Gasteiger partial charge in [0.15, 0.2) is 0 Å². The molecule has 8 heteroatoms. The molecule has 2 N–H and O–H groups in total. The van der Waals surface area contributed by atoms with Crippen molar-refractivity contribution in [3.63, 3.8) is 0 Å². The molecule has 7 nitrogen and oxygen atoms in total. The van der Waals surface area contributed by atoms with Gasteiger partial charge in [0.1, 0.15) is 0 Å². The maximum absolute atomic E-state index is 11.5. The van der Waals surface area contributed by atoms with Crippen LogP contribution in [0.1, 0.15) is 18.1 Å². The van der Waals surface area contributed by atoms with Crippen LogP contribution >= 0.6 is 0 Å². The van der Waals surface area contributed by atoms with E-state index in [9.17, 15) is 18.5 Å². The molecule has 0 radical (unpaired) electrons. The molecule has 1 aliphatic rings. The van der Waals surface area contributed by atoms with E-state index in [-0.39, 0.29) is 16.6 Å². The van der Waals surface area contributed by atoms with Gasteiger partial charge in [0.2, 0.25) is 10.0 Å². The number of nitro benzene ring substituents is 1. The van der Waals surface area contributed by atoms with Crippen LogP contribution in [0.15, 0.2) is 47.4 Å². The second-order valence-corrected chi connectivity index (χ2v) is 7.51. The smallest absolute Gasteiger partial charge is 0.269 e. The van der Waals surface area contributed by atoms with Crippen molar-refractivity contribution in [1.82, 2.24) is 0 Å². The van der Waals surface area contributed by atoms with Gasteiger partial charge < -0.3 is 4.90 Å². The summed E-state index contributed by atoms with van der Waals surface area (Å²) in [5, 5.41) is 16.1. The molecule has 0 saturated carbocycles. The summed E-state index contributed by atoms with van der Waals surface area (Å²) >= 11 is 0. The maximum Gasteiger partial charge on any atom is 0.269 e. The number of primary sulfonamides is 1. The van der Waals surface area contributed by atoms with Crippen molar-refractivity contribution in [1.29, 1.82) is 0 Å². The Balaban J connectivity index is 1.92. The Bertz CT molecular complexity index is 911. The van der Waals surface area contributed by atoms with Gasteiger partial charge in [0.05, 0.1) is 9.82 Å². The van der Waals surface area contributed by atoms with Crippen LogP contribution in [0.4, 0.5) is 11.4 Å². The Morgan fingerprint density at radius 2 is 2.04 bits per heavy atom. The highest BCUT2D eigenvalue weighted by Crippen LogP contribution is 2.35. The fourth-order valence-electron chi connectivity index (χ4n) is 3.05. The largest absolute Gasteiger partial charge is 0.364 e. The Labute approximate surface area is 139 Å². The first-order chi connectivity index (χ1) is 11.3. The van der Waals surface area contributed by atoms with Crippen LogP contribution in [-0.2, 0) is 23.0 Å². The van der Waals surface area contributed by atoms with Crippen molar-refractivity contribution >= 4 is 21.4 Å². The van der Waals surface area contributed by atoms with Gasteiger partial charge in [0.25, 0.3) is 5.69 Å². The second kappa shape index (κ2) is 5.88. The van der Waals surface area contributed by atoms with E-state index in [1.165, 1.54) is 12.1 Å². The summed E-state index contributed by atoms with van der Waals surface area (Å²) in [6.07, 6.45) is 0.702. The van der Waals surface area contributed by atoms with Gasteiger partial charge in [-0.1, -0.05) is 12.1 Å². The third-order valence-corrected chi connectivity index (χ3v) is 5.12. The highest BCUT2D eigenvalue weighted by Gasteiger charge is 2.27. The number of rotatable bonds is 4. The zero-order valence-corrected chi connectivity index (χ0v) is 13.9. The number of nitrogens with two attached hydrogens (primary N) is 1. The van der Waals surface area contributed by atoms with Gasteiger partial charge in [-0.15, -0.1) is 0 Å². The lowest BCUT2D eigenvalue weighted by Crippen LogP contribution is -2.28.